The normalized spacial score (nSPS) is 10.9. The fraction of sp³-hybridized carbons (Fsp3) is 0. The number of aromatic amines is 1. The van der Waals surface area contributed by atoms with E-state index in [1.807, 2.05) is 36.4 Å². The predicted octanol–water partition coefficient (Wildman–Crippen LogP) is 3.51. The molecule has 0 aliphatic heterocycles. The molecule has 1 N–H and O–H groups in total. The molecule has 3 rings (SSSR count). The summed E-state index contributed by atoms with van der Waals surface area (Å²) < 4.78 is 1.11. The van der Waals surface area contributed by atoms with E-state index >= 15 is 0 Å². The molecule has 108 valence electrons. The average Bonchev–Trinajstić information content (AvgIpc) is 2.56. The summed E-state index contributed by atoms with van der Waals surface area (Å²) in [5, 5.41) is 14.5. The molecular formula is C15H11N5OS. The molecule has 0 spiro atoms. The van der Waals surface area contributed by atoms with E-state index < -0.39 is 5.56 Å². The first-order chi connectivity index (χ1) is 10.8. The van der Waals surface area contributed by atoms with E-state index in [0.29, 0.717) is 11.3 Å². The number of hydrogen-bond acceptors (Lipinski definition) is 5. The lowest BCUT2D eigenvalue weighted by Crippen LogP contribution is -2.21. The summed E-state index contributed by atoms with van der Waals surface area (Å²) >= 11 is 5.06. The molecule has 0 saturated heterocycles. The van der Waals surface area contributed by atoms with Crippen molar-refractivity contribution in [2.75, 3.05) is 0 Å². The minimum atomic E-state index is -0.422. The summed E-state index contributed by atoms with van der Waals surface area (Å²) in [4.78, 5) is 12.5. The summed E-state index contributed by atoms with van der Waals surface area (Å²) in [5.74, 6) is 0. The average molecular weight is 309 g/mol. The van der Waals surface area contributed by atoms with Crippen molar-refractivity contribution < 1.29 is 0 Å². The molecule has 2 aromatic carbocycles. The van der Waals surface area contributed by atoms with Crippen molar-refractivity contribution in [1.29, 1.82) is 0 Å². The van der Waals surface area contributed by atoms with Crippen LogP contribution >= 0.6 is 12.2 Å². The van der Waals surface area contributed by atoms with Crippen molar-refractivity contribution in [3.8, 4) is 11.3 Å². The first-order valence-electron chi connectivity index (χ1n) is 6.50. The highest BCUT2D eigenvalue weighted by molar-refractivity contribution is 7.71. The number of nitrogens with zero attached hydrogens (tertiary/aromatic N) is 4. The van der Waals surface area contributed by atoms with Crippen LogP contribution in [0.25, 0.3) is 11.3 Å². The molecule has 7 heteroatoms. The third kappa shape index (κ3) is 2.89. The maximum atomic E-state index is 12.5. The van der Waals surface area contributed by atoms with Gasteiger partial charge >= 0.3 is 5.56 Å². The third-order valence-corrected chi connectivity index (χ3v) is 3.17. The topological polar surface area (TPSA) is 75.4 Å². The van der Waals surface area contributed by atoms with E-state index in [1.165, 1.54) is 0 Å². The summed E-state index contributed by atoms with van der Waals surface area (Å²) in [5.41, 5.74) is 1.13. The Labute approximate surface area is 130 Å². The van der Waals surface area contributed by atoms with Crippen molar-refractivity contribution in [3.05, 3.63) is 75.8 Å². The van der Waals surface area contributed by atoms with Crippen LogP contribution in [0.1, 0.15) is 0 Å². The lowest BCUT2D eigenvalue weighted by molar-refractivity contribution is 0.700. The van der Waals surface area contributed by atoms with E-state index in [2.05, 4.69) is 20.5 Å². The molecule has 0 fully saturated rings. The van der Waals surface area contributed by atoms with Crippen molar-refractivity contribution >= 4 is 17.9 Å². The Hall–Kier alpha value is -2.93. The van der Waals surface area contributed by atoms with Crippen LogP contribution in [0.15, 0.2) is 75.8 Å². The van der Waals surface area contributed by atoms with Gasteiger partial charge in [0.15, 0.2) is 5.69 Å². The van der Waals surface area contributed by atoms with Gasteiger partial charge in [-0.1, -0.05) is 53.8 Å². The Morgan fingerprint density at radius 2 is 1.64 bits per heavy atom. The van der Waals surface area contributed by atoms with Crippen LogP contribution in [-0.2, 0) is 0 Å². The first-order valence-corrected chi connectivity index (χ1v) is 6.91. The zero-order valence-corrected chi connectivity index (χ0v) is 12.2. The molecule has 0 amide bonds. The smallest absolute Gasteiger partial charge is 0.265 e. The summed E-state index contributed by atoms with van der Waals surface area (Å²) in [6.07, 6.45) is 0. The highest BCUT2D eigenvalue weighted by atomic mass is 32.1. The van der Waals surface area contributed by atoms with Gasteiger partial charge in [0.05, 0.1) is 5.69 Å². The third-order valence-electron chi connectivity index (χ3n) is 2.90. The van der Waals surface area contributed by atoms with Crippen molar-refractivity contribution in [2.45, 2.75) is 0 Å². The van der Waals surface area contributed by atoms with Crippen LogP contribution < -0.4 is 5.56 Å². The maximum absolute atomic E-state index is 12.5. The van der Waals surface area contributed by atoms with Gasteiger partial charge in [-0.25, -0.2) is 0 Å². The maximum Gasteiger partial charge on any atom is 0.303 e. The van der Waals surface area contributed by atoms with E-state index in [0.717, 1.165) is 4.68 Å². The second-order valence-corrected chi connectivity index (χ2v) is 4.77. The first kappa shape index (κ1) is 14.0. The quantitative estimate of drug-likeness (QED) is 0.594. The van der Waals surface area contributed by atoms with Crippen LogP contribution in [0.4, 0.5) is 5.69 Å². The molecule has 1 heterocycles. The molecule has 0 aliphatic carbocycles. The Balaban J connectivity index is 2.07. The van der Waals surface area contributed by atoms with Crippen molar-refractivity contribution in [3.63, 3.8) is 0 Å². The molecule has 0 unspecified atom stereocenters. The highest BCUT2D eigenvalue weighted by Crippen LogP contribution is 2.12. The largest absolute Gasteiger partial charge is 0.303 e. The molecular weight excluding hydrogens is 298 g/mol. The zero-order chi connectivity index (χ0) is 15.4. The fourth-order valence-electron chi connectivity index (χ4n) is 1.85. The number of rotatable bonds is 3. The molecule has 1 aromatic heterocycles. The summed E-state index contributed by atoms with van der Waals surface area (Å²) in [6, 6.07) is 18.2. The molecule has 6 nitrogen and oxygen atoms in total. The molecule has 0 aliphatic rings. The molecule has 0 radical (unpaired) electrons. The number of benzene rings is 2. The zero-order valence-electron chi connectivity index (χ0n) is 11.4. The van der Waals surface area contributed by atoms with Gasteiger partial charge in [-0.05, 0) is 24.4 Å². The predicted molar refractivity (Wildman–Crippen MR) is 85.5 cm³/mol. The summed E-state index contributed by atoms with van der Waals surface area (Å²) in [7, 11) is 0. The second kappa shape index (κ2) is 6.23. The van der Waals surface area contributed by atoms with Gasteiger partial charge in [0.25, 0.3) is 0 Å². The van der Waals surface area contributed by atoms with Gasteiger partial charge in [0, 0.05) is 5.56 Å². The van der Waals surface area contributed by atoms with E-state index in [1.54, 1.807) is 24.3 Å². The van der Waals surface area contributed by atoms with Crippen molar-refractivity contribution in [2.24, 2.45) is 10.3 Å². The molecule has 22 heavy (non-hydrogen) atoms. The molecule has 0 saturated carbocycles. The van der Waals surface area contributed by atoms with Gasteiger partial charge < -0.3 is 0 Å². The van der Waals surface area contributed by atoms with Gasteiger partial charge in [-0.3, -0.25) is 9.89 Å². The van der Waals surface area contributed by atoms with Gasteiger partial charge in [0.2, 0.25) is 4.77 Å². The number of hydrogen-bond donors (Lipinski definition) is 1. The Bertz CT molecular complexity index is 916. The summed E-state index contributed by atoms with van der Waals surface area (Å²) in [6.45, 7) is 0. The van der Waals surface area contributed by atoms with Crippen LogP contribution in [-0.4, -0.2) is 14.9 Å². The minimum Gasteiger partial charge on any atom is -0.265 e. The highest BCUT2D eigenvalue weighted by Gasteiger charge is 2.09. The number of nitrogens with one attached hydrogen (secondary N) is 1. The van der Waals surface area contributed by atoms with E-state index in [9.17, 15) is 4.79 Å². The van der Waals surface area contributed by atoms with E-state index in [-0.39, 0.29) is 10.5 Å². The lowest BCUT2D eigenvalue weighted by Gasteiger charge is -2.02. The van der Waals surface area contributed by atoms with Crippen LogP contribution in [0.2, 0.25) is 0 Å². The Kier molecular flexibility index (Phi) is 3.97. The van der Waals surface area contributed by atoms with E-state index in [4.69, 9.17) is 12.2 Å². The second-order valence-electron chi connectivity index (χ2n) is 4.39. The molecule has 0 atom stereocenters. The van der Waals surface area contributed by atoms with Gasteiger partial charge in [0.1, 0.15) is 0 Å². The SMILES string of the molecule is O=c1c(-c2ccccc2)n[nH]c(=S)n1N=Nc1ccccc1. The number of H-pyrrole nitrogens is 1. The van der Waals surface area contributed by atoms with Gasteiger partial charge in [-0.15, -0.1) is 9.79 Å². The van der Waals surface area contributed by atoms with Crippen molar-refractivity contribution in [1.82, 2.24) is 14.9 Å². The van der Waals surface area contributed by atoms with Crippen LogP contribution in [0.5, 0.6) is 0 Å². The standard InChI is InChI=1S/C15H11N5OS/c21-14-13(11-7-3-1-4-8-11)17-18-15(22)20(14)19-16-12-9-5-2-6-10-12/h1-10H,(H,18,22). The monoisotopic (exact) mass is 309 g/mol. The molecule has 0 bridgehead atoms. The molecule has 3 aromatic rings. The van der Waals surface area contributed by atoms with Gasteiger partial charge in [-0.2, -0.15) is 5.10 Å². The Morgan fingerprint density at radius 3 is 2.32 bits per heavy atom. The fourth-order valence-corrected chi connectivity index (χ4v) is 2.01. The van der Waals surface area contributed by atoms with Crippen LogP contribution in [0, 0.1) is 4.77 Å². The van der Waals surface area contributed by atoms with Crippen LogP contribution in [0.3, 0.4) is 0 Å². The Morgan fingerprint density at radius 1 is 1.00 bits per heavy atom. The number of aromatic nitrogens is 3. The minimum absolute atomic E-state index is 0.0874. The lowest BCUT2D eigenvalue weighted by atomic mass is 10.2.